The van der Waals surface area contributed by atoms with Crippen molar-refractivity contribution in [3.63, 3.8) is 0 Å². The second-order valence-corrected chi connectivity index (χ2v) is 6.80. The summed E-state index contributed by atoms with van der Waals surface area (Å²) >= 11 is 2.97. The average Bonchev–Trinajstić information content (AvgIpc) is 3.16. The molecule has 0 aliphatic rings. The summed E-state index contributed by atoms with van der Waals surface area (Å²) < 4.78 is 6.00. The van der Waals surface area contributed by atoms with E-state index in [9.17, 15) is 9.59 Å². The fraction of sp³-hybridized carbons (Fsp3) is 0.176. The average molecular weight is 345 g/mol. The first kappa shape index (κ1) is 15.7. The van der Waals surface area contributed by atoms with E-state index in [0.29, 0.717) is 17.9 Å². The van der Waals surface area contributed by atoms with Gasteiger partial charge >= 0.3 is 5.97 Å². The number of hydrogen-bond acceptors (Lipinski definition) is 5. The van der Waals surface area contributed by atoms with Crippen LogP contribution in [0.2, 0.25) is 0 Å². The molecule has 0 bridgehead atoms. The van der Waals surface area contributed by atoms with Crippen molar-refractivity contribution in [2.75, 3.05) is 11.9 Å². The Kier molecular flexibility index (Phi) is 4.73. The molecule has 0 saturated heterocycles. The maximum Gasteiger partial charge on any atom is 0.348 e. The molecule has 6 heteroatoms. The van der Waals surface area contributed by atoms with Gasteiger partial charge in [0.2, 0.25) is 5.91 Å². The summed E-state index contributed by atoms with van der Waals surface area (Å²) in [4.78, 5) is 24.4. The fourth-order valence-corrected chi connectivity index (χ4v) is 3.81. The highest BCUT2D eigenvalue weighted by Gasteiger charge is 2.12. The summed E-state index contributed by atoms with van der Waals surface area (Å²) in [5.74, 6) is -0.361. The summed E-state index contributed by atoms with van der Waals surface area (Å²) in [5, 5.41) is 7.73. The van der Waals surface area contributed by atoms with Gasteiger partial charge in [-0.15, -0.1) is 11.3 Å². The number of anilines is 1. The van der Waals surface area contributed by atoms with E-state index in [1.807, 2.05) is 35.0 Å². The first-order valence-electron chi connectivity index (χ1n) is 7.17. The van der Waals surface area contributed by atoms with Crippen LogP contribution in [0.5, 0.6) is 0 Å². The van der Waals surface area contributed by atoms with Gasteiger partial charge in [0.15, 0.2) is 0 Å². The third-order valence-electron chi connectivity index (χ3n) is 3.22. The second-order valence-electron chi connectivity index (χ2n) is 4.94. The topological polar surface area (TPSA) is 55.4 Å². The van der Waals surface area contributed by atoms with Gasteiger partial charge in [-0.1, -0.05) is 0 Å². The second kappa shape index (κ2) is 6.93. The van der Waals surface area contributed by atoms with Gasteiger partial charge in [-0.3, -0.25) is 4.79 Å². The summed E-state index contributed by atoms with van der Waals surface area (Å²) in [5.41, 5.74) is 1.74. The van der Waals surface area contributed by atoms with E-state index in [4.69, 9.17) is 4.74 Å². The molecule has 2 heterocycles. The summed E-state index contributed by atoms with van der Waals surface area (Å²) in [7, 11) is 0. The van der Waals surface area contributed by atoms with Crippen LogP contribution in [0.15, 0.2) is 41.1 Å². The molecule has 0 atom stereocenters. The highest BCUT2D eigenvalue weighted by atomic mass is 32.1. The van der Waals surface area contributed by atoms with E-state index in [-0.39, 0.29) is 11.9 Å². The molecule has 1 amide bonds. The molecule has 3 rings (SSSR count). The lowest BCUT2D eigenvalue weighted by Crippen LogP contribution is -2.13. The van der Waals surface area contributed by atoms with Crippen LogP contribution >= 0.6 is 22.7 Å². The largest absolute Gasteiger partial charge is 0.462 e. The smallest absolute Gasteiger partial charge is 0.348 e. The van der Waals surface area contributed by atoms with Crippen LogP contribution in [0, 0.1) is 0 Å². The first-order valence-corrected chi connectivity index (χ1v) is 8.93. The number of amides is 1. The summed E-state index contributed by atoms with van der Waals surface area (Å²) in [6.07, 6.45) is 0.360. The van der Waals surface area contributed by atoms with E-state index in [2.05, 4.69) is 5.32 Å². The lowest BCUT2D eigenvalue weighted by atomic mass is 10.2. The minimum absolute atomic E-state index is 0.0522. The number of benzene rings is 1. The van der Waals surface area contributed by atoms with Crippen molar-refractivity contribution in [2.24, 2.45) is 0 Å². The number of fused-ring (bicyclic) bond motifs is 1. The van der Waals surface area contributed by atoms with E-state index < -0.39 is 0 Å². The van der Waals surface area contributed by atoms with Crippen LogP contribution < -0.4 is 5.32 Å². The van der Waals surface area contributed by atoms with Crippen molar-refractivity contribution < 1.29 is 14.3 Å². The van der Waals surface area contributed by atoms with Crippen LogP contribution in [-0.2, 0) is 16.0 Å². The van der Waals surface area contributed by atoms with Crippen LogP contribution in [0.3, 0.4) is 0 Å². The van der Waals surface area contributed by atoms with Crippen LogP contribution in [0.25, 0.3) is 10.1 Å². The molecule has 1 aromatic carbocycles. The maximum absolute atomic E-state index is 12.0. The van der Waals surface area contributed by atoms with Gasteiger partial charge in [0.25, 0.3) is 0 Å². The van der Waals surface area contributed by atoms with E-state index in [0.717, 1.165) is 21.3 Å². The Morgan fingerprint density at radius 3 is 2.83 bits per heavy atom. The molecular formula is C17H15NO3S2. The molecule has 23 heavy (non-hydrogen) atoms. The zero-order valence-electron chi connectivity index (χ0n) is 12.5. The zero-order valence-corrected chi connectivity index (χ0v) is 14.1. The zero-order chi connectivity index (χ0) is 16.2. The van der Waals surface area contributed by atoms with Crippen LogP contribution in [0.4, 0.5) is 5.69 Å². The van der Waals surface area contributed by atoms with Gasteiger partial charge in [0.1, 0.15) is 4.88 Å². The highest BCUT2D eigenvalue weighted by Crippen LogP contribution is 2.28. The van der Waals surface area contributed by atoms with Crippen molar-refractivity contribution in [3.05, 3.63) is 51.5 Å². The van der Waals surface area contributed by atoms with Crippen LogP contribution in [0.1, 0.15) is 22.2 Å². The van der Waals surface area contributed by atoms with Crippen LogP contribution in [-0.4, -0.2) is 18.5 Å². The maximum atomic E-state index is 12.0. The number of nitrogens with one attached hydrogen (secondary N) is 1. The molecule has 2 aromatic heterocycles. The SMILES string of the molecule is CCOC(=O)c1cc2cc(NC(=O)Cc3ccsc3)ccc2s1. The number of ether oxygens (including phenoxy) is 1. The third kappa shape index (κ3) is 3.78. The molecule has 1 N–H and O–H groups in total. The number of carbonyl (C=O) groups excluding carboxylic acids is 2. The van der Waals surface area contributed by atoms with E-state index in [1.165, 1.54) is 11.3 Å². The molecule has 0 aliphatic carbocycles. The van der Waals surface area contributed by atoms with Gasteiger partial charge in [0.05, 0.1) is 13.0 Å². The predicted molar refractivity (Wildman–Crippen MR) is 94.4 cm³/mol. The molecule has 0 radical (unpaired) electrons. The Labute approximate surface area is 141 Å². The quantitative estimate of drug-likeness (QED) is 0.701. The monoisotopic (exact) mass is 345 g/mol. The van der Waals surface area contributed by atoms with Gasteiger partial charge in [-0.05, 0) is 59.0 Å². The summed E-state index contributed by atoms with van der Waals surface area (Å²) in [6.45, 7) is 2.14. The molecule has 0 aliphatic heterocycles. The number of esters is 1. The van der Waals surface area contributed by atoms with Gasteiger partial charge in [0, 0.05) is 10.4 Å². The van der Waals surface area contributed by atoms with Crippen molar-refractivity contribution in [1.82, 2.24) is 0 Å². The number of rotatable bonds is 5. The molecule has 118 valence electrons. The lowest BCUT2D eigenvalue weighted by molar-refractivity contribution is -0.115. The Balaban J connectivity index is 1.74. The first-order chi connectivity index (χ1) is 11.2. The van der Waals surface area contributed by atoms with E-state index in [1.54, 1.807) is 24.3 Å². The van der Waals surface area contributed by atoms with Crippen molar-refractivity contribution in [1.29, 1.82) is 0 Å². The minimum atomic E-state index is -0.309. The summed E-state index contributed by atoms with van der Waals surface area (Å²) in [6, 6.07) is 9.37. The van der Waals surface area contributed by atoms with E-state index >= 15 is 0 Å². The third-order valence-corrected chi connectivity index (χ3v) is 5.05. The number of thiophene rings is 2. The van der Waals surface area contributed by atoms with Gasteiger partial charge in [-0.2, -0.15) is 11.3 Å². The normalized spacial score (nSPS) is 10.7. The lowest BCUT2D eigenvalue weighted by Gasteiger charge is -2.04. The molecular weight excluding hydrogens is 330 g/mol. The Bertz CT molecular complexity index is 837. The standard InChI is InChI=1S/C17H15NO3S2/c1-2-21-17(20)15-9-12-8-13(3-4-14(12)23-15)18-16(19)7-11-5-6-22-10-11/h3-6,8-10H,2,7H2,1H3,(H,18,19). The Morgan fingerprint density at radius 1 is 1.22 bits per heavy atom. The molecule has 0 spiro atoms. The molecule has 4 nitrogen and oxygen atoms in total. The fourth-order valence-electron chi connectivity index (χ4n) is 2.21. The number of carbonyl (C=O) groups is 2. The van der Waals surface area contributed by atoms with Crippen molar-refractivity contribution in [2.45, 2.75) is 13.3 Å². The molecule has 0 saturated carbocycles. The molecule has 3 aromatic rings. The number of hydrogen-bond donors (Lipinski definition) is 1. The Hall–Kier alpha value is -2.18. The molecule has 0 fully saturated rings. The predicted octanol–water partition coefficient (Wildman–Crippen LogP) is 4.32. The highest BCUT2D eigenvalue weighted by molar-refractivity contribution is 7.20. The van der Waals surface area contributed by atoms with Gasteiger partial charge < -0.3 is 10.1 Å². The van der Waals surface area contributed by atoms with Crippen molar-refractivity contribution >= 4 is 50.3 Å². The van der Waals surface area contributed by atoms with Gasteiger partial charge in [-0.25, -0.2) is 4.79 Å². The minimum Gasteiger partial charge on any atom is -0.462 e. The Morgan fingerprint density at radius 2 is 2.09 bits per heavy atom. The van der Waals surface area contributed by atoms with Crippen molar-refractivity contribution in [3.8, 4) is 0 Å². The molecule has 0 unspecified atom stereocenters.